The lowest BCUT2D eigenvalue weighted by molar-refractivity contribution is -0.146. The number of ether oxygens (including phenoxy) is 3. The molecule has 0 saturated carbocycles. The van der Waals surface area contributed by atoms with Crippen molar-refractivity contribution in [3.8, 4) is 11.5 Å². The van der Waals surface area contributed by atoms with Crippen LogP contribution in [0.4, 0.5) is 0 Å². The average molecular weight is 363 g/mol. The van der Waals surface area contributed by atoms with Gasteiger partial charge in [0.15, 0.2) is 17.6 Å². The summed E-state index contributed by atoms with van der Waals surface area (Å²) in [6.45, 7) is 8.02. The van der Waals surface area contributed by atoms with Crippen molar-refractivity contribution in [2.24, 2.45) is 0 Å². The van der Waals surface area contributed by atoms with Gasteiger partial charge in [0, 0.05) is 12.1 Å². The first-order valence-electron chi connectivity index (χ1n) is 9.23. The molecular formula is C20H29NO5. The van der Waals surface area contributed by atoms with Gasteiger partial charge in [-0.2, -0.15) is 0 Å². The quantitative estimate of drug-likeness (QED) is 0.725. The number of benzene rings is 1. The van der Waals surface area contributed by atoms with Gasteiger partial charge in [0.05, 0.1) is 19.3 Å². The second-order valence-corrected chi connectivity index (χ2v) is 6.72. The number of carbonyl (C=O) groups excluding carboxylic acids is 2. The first-order valence-corrected chi connectivity index (χ1v) is 9.23. The number of likely N-dealkylation sites (tertiary alicyclic amines) is 1. The van der Waals surface area contributed by atoms with E-state index in [0.29, 0.717) is 23.7 Å². The fraction of sp³-hybridized carbons (Fsp3) is 0.600. The van der Waals surface area contributed by atoms with E-state index in [0.717, 1.165) is 19.3 Å². The van der Waals surface area contributed by atoms with E-state index in [1.807, 2.05) is 25.7 Å². The van der Waals surface area contributed by atoms with Crippen LogP contribution in [-0.2, 0) is 9.53 Å². The van der Waals surface area contributed by atoms with E-state index in [2.05, 4.69) is 0 Å². The summed E-state index contributed by atoms with van der Waals surface area (Å²) >= 11 is 0. The fourth-order valence-corrected chi connectivity index (χ4v) is 3.42. The van der Waals surface area contributed by atoms with Gasteiger partial charge in [0.25, 0.3) is 5.91 Å². The van der Waals surface area contributed by atoms with Crippen LogP contribution >= 0.6 is 0 Å². The van der Waals surface area contributed by atoms with Crippen LogP contribution in [0.2, 0.25) is 0 Å². The van der Waals surface area contributed by atoms with Crippen LogP contribution < -0.4 is 9.47 Å². The smallest absolute Gasteiger partial charge is 0.339 e. The van der Waals surface area contributed by atoms with E-state index in [9.17, 15) is 9.59 Å². The zero-order valence-corrected chi connectivity index (χ0v) is 16.3. The molecule has 0 N–H and O–H groups in total. The molecule has 144 valence electrons. The molecule has 0 unspecified atom stereocenters. The Balaban J connectivity index is 2.08. The molecule has 1 aromatic rings. The largest absolute Gasteiger partial charge is 0.493 e. The van der Waals surface area contributed by atoms with Crippen LogP contribution in [0, 0.1) is 0 Å². The maximum atomic E-state index is 12.8. The summed E-state index contributed by atoms with van der Waals surface area (Å²) in [6.07, 6.45) is 2.25. The normalized spacial score (nSPS) is 21.0. The van der Waals surface area contributed by atoms with E-state index >= 15 is 0 Å². The highest BCUT2D eigenvalue weighted by molar-refractivity contribution is 5.93. The van der Waals surface area contributed by atoms with Gasteiger partial charge in [-0.1, -0.05) is 0 Å². The van der Waals surface area contributed by atoms with E-state index < -0.39 is 12.1 Å². The second kappa shape index (κ2) is 8.92. The van der Waals surface area contributed by atoms with Gasteiger partial charge in [-0.3, -0.25) is 4.79 Å². The molecule has 0 aromatic heterocycles. The van der Waals surface area contributed by atoms with E-state index in [1.165, 1.54) is 7.11 Å². The van der Waals surface area contributed by atoms with Crippen LogP contribution in [-0.4, -0.2) is 48.7 Å². The number of amides is 1. The molecule has 2 rings (SSSR count). The number of methoxy groups -OCH3 is 1. The first kappa shape index (κ1) is 20.1. The zero-order chi connectivity index (χ0) is 19.3. The van der Waals surface area contributed by atoms with Crippen molar-refractivity contribution in [2.75, 3.05) is 13.7 Å². The first-order chi connectivity index (χ1) is 12.4. The summed E-state index contributed by atoms with van der Waals surface area (Å²) in [5.41, 5.74) is 0.327. The van der Waals surface area contributed by atoms with Crippen molar-refractivity contribution in [1.82, 2.24) is 4.90 Å². The van der Waals surface area contributed by atoms with Crippen molar-refractivity contribution in [1.29, 1.82) is 0 Å². The zero-order valence-electron chi connectivity index (χ0n) is 16.3. The van der Waals surface area contributed by atoms with Crippen LogP contribution in [0.5, 0.6) is 11.5 Å². The lowest BCUT2D eigenvalue weighted by Crippen LogP contribution is -2.51. The highest BCUT2D eigenvalue weighted by Crippen LogP contribution is 2.29. The van der Waals surface area contributed by atoms with Gasteiger partial charge in [-0.05, 0) is 65.2 Å². The van der Waals surface area contributed by atoms with Gasteiger partial charge in [-0.15, -0.1) is 0 Å². The molecule has 0 radical (unpaired) electrons. The van der Waals surface area contributed by atoms with Crippen molar-refractivity contribution >= 4 is 11.9 Å². The predicted octanol–water partition coefficient (Wildman–Crippen LogP) is 3.43. The van der Waals surface area contributed by atoms with Crippen molar-refractivity contribution in [3.63, 3.8) is 0 Å². The maximum Gasteiger partial charge on any atom is 0.339 e. The van der Waals surface area contributed by atoms with Crippen LogP contribution in [0.3, 0.4) is 0 Å². The fourth-order valence-electron chi connectivity index (χ4n) is 3.42. The maximum absolute atomic E-state index is 12.8. The Kier molecular flexibility index (Phi) is 6.89. The van der Waals surface area contributed by atoms with Crippen LogP contribution in [0.1, 0.15) is 57.3 Å². The van der Waals surface area contributed by atoms with Gasteiger partial charge < -0.3 is 19.1 Å². The number of nitrogens with zero attached hydrogens (tertiary/aromatic N) is 1. The molecule has 0 aliphatic carbocycles. The summed E-state index contributed by atoms with van der Waals surface area (Å²) in [4.78, 5) is 27.1. The lowest BCUT2D eigenvalue weighted by atomic mass is 9.97. The third kappa shape index (κ3) is 4.48. The molecule has 1 aliphatic rings. The number of carbonyl (C=O) groups is 2. The molecule has 3 atom stereocenters. The third-order valence-corrected chi connectivity index (χ3v) is 4.78. The highest BCUT2D eigenvalue weighted by Gasteiger charge is 2.33. The molecule has 6 heteroatoms. The molecular weight excluding hydrogens is 334 g/mol. The Morgan fingerprint density at radius 3 is 2.42 bits per heavy atom. The second-order valence-electron chi connectivity index (χ2n) is 6.72. The molecule has 0 spiro atoms. The Morgan fingerprint density at radius 2 is 1.85 bits per heavy atom. The molecule has 1 aromatic carbocycles. The molecule has 26 heavy (non-hydrogen) atoms. The standard InChI is InChI=1S/C20H29NO5/c1-6-25-18-12-16(10-11-17(18)24-5)20(23)26-15(4)19(22)21-13(2)8-7-9-14(21)3/h10-15H,6-9H2,1-5H3/t13-,14-,15-/m0/s1. The summed E-state index contributed by atoms with van der Waals surface area (Å²) in [6, 6.07) is 5.17. The number of hydrogen-bond acceptors (Lipinski definition) is 5. The summed E-state index contributed by atoms with van der Waals surface area (Å²) in [5, 5.41) is 0. The average Bonchev–Trinajstić information content (AvgIpc) is 2.61. The number of rotatable bonds is 6. The monoisotopic (exact) mass is 363 g/mol. The molecule has 1 heterocycles. The Labute approximate surface area is 155 Å². The Morgan fingerprint density at radius 1 is 1.19 bits per heavy atom. The van der Waals surface area contributed by atoms with E-state index in [-0.39, 0.29) is 18.0 Å². The van der Waals surface area contributed by atoms with E-state index in [1.54, 1.807) is 25.1 Å². The topological polar surface area (TPSA) is 65.1 Å². The van der Waals surface area contributed by atoms with E-state index in [4.69, 9.17) is 14.2 Å². The highest BCUT2D eigenvalue weighted by atomic mass is 16.5. The lowest BCUT2D eigenvalue weighted by Gasteiger charge is -2.40. The molecule has 1 saturated heterocycles. The minimum Gasteiger partial charge on any atom is -0.493 e. The molecule has 0 bridgehead atoms. The van der Waals surface area contributed by atoms with Gasteiger partial charge >= 0.3 is 5.97 Å². The van der Waals surface area contributed by atoms with Crippen molar-refractivity contribution < 1.29 is 23.8 Å². The summed E-state index contributed by atoms with van der Waals surface area (Å²) in [5.74, 6) is 0.327. The number of piperidine rings is 1. The van der Waals surface area contributed by atoms with Crippen LogP contribution in [0.15, 0.2) is 18.2 Å². The minimum absolute atomic E-state index is 0.142. The van der Waals surface area contributed by atoms with Gasteiger partial charge in [-0.25, -0.2) is 4.79 Å². The van der Waals surface area contributed by atoms with Gasteiger partial charge in [0.1, 0.15) is 0 Å². The predicted molar refractivity (Wildman–Crippen MR) is 98.7 cm³/mol. The van der Waals surface area contributed by atoms with Crippen LogP contribution in [0.25, 0.3) is 0 Å². The molecule has 1 fully saturated rings. The molecule has 1 aliphatic heterocycles. The number of esters is 1. The number of hydrogen-bond donors (Lipinski definition) is 0. The minimum atomic E-state index is -0.830. The SMILES string of the molecule is CCOc1cc(C(=O)O[C@@H](C)C(=O)N2[C@@H](C)CCC[C@@H]2C)ccc1OC. The van der Waals surface area contributed by atoms with Gasteiger partial charge in [0.2, 0.25) is 0 Å². The summed E-state index contributed by atoms with van der Waals surface area (Å²) < 4.78 is 16.1. The van der Waals surface area contributed by atoms with Crippen molar-refractivity contribution in [2.45, 2.75) is 65.1 Å². The molecule has 1 amide bonds. The Hall–Kier alpha value is -2.24. The van der Waals surface area contributed by atoms with Crippen molar-refractivity contribution in [3.05, 3.63) is 23.8 Å². The molecule has 6 nitrogen and oxygen atoms in total. The summed E-state index contributed by atoms with van der Waals surface area (Å²) in [7, 11) is 1.54. The Bertz CT molecular complexity index is 635. The third-order valence-electron chi connectivity index (χ3n) is 4.78.